The van der Waals surface area contributed by atoms with Gasteiger partial charge in [0, 0.05) is 43.6 Å². The predicted octanol–water partition coefficient (Wildman–Crippen LogP) is 0.409. The molecule has 0 saturated carbocycles. The third-order valence-electron chi connectivity index (χ3n) is 7.46. The largest absolute Gasteiger partial charge is 0.326 e. The minimum absolute atomic E-state index is 0.155. The fourth-order valence-electron chi connectivity index (χ4n) is 5.39. The molecule has 6 rings (SSSR count). The molecule has 236 valence electrons. The number of benzene rings is 2. The van der Waals surface area contributed by atoms with Gasteiger partial charge in [-0.25, -0.2) is 4.85 Å². The van der Waals surface area contributed by atoms with E-state index in [2.05, 4.69) is 15.5 Å². The SMILES string of the molecule is CS(=O)(=O)O.NCc1ccc2c(c1)CN(C1CCC(=O)NC1=O)C2=O.[C-]#[N+]c1ccc2c(c1)CN(C1CCC(=O)NC1=O)C2=O. The van der Waals surface area contributed by atoms with Crippen molar-refractivity contribution in [1.29, 1.82) is 0 Å². The summed E-state index contributed by atoms with van der Waals surface area (Å²) in [5, 5.41) is 4.54. The first-order chi connectivity index (χ1) is 21.2. The number of nitrogens with one attached hydrogen (secondary N) is 2. The van der Waals surface area contributed by atoms with E-state index in [1.807, 2.05) is 12.1 Å². The maximum Gasteiger partial charge on any atom is 0.261 e. The minimum atomic E-state index is -3.67. The van der Waals surface area contributed by atoms with Crippen LogP contribution in [0.25, 0.3) is 4.85 Å². The molecular formula is C29H30N6O9S. The zero-order valence-electron chi connectivity index (χ0n) is 24.1. The number of nitrogens with zero attached hydrogens (tertiary/aromatic N) is 3. The Kier molecular flexibility index (Phi) is 9.76. The number of fused-ring (bicyclic) bond motifs is 2. The average Bonchev–Trinajstić information content (AvgIpc) is 3.47. The summed E-state index contributed by atoms with van der Waals surface area (Å²) in [6, 6.07) is 9.20. The van der Waals surface area contributed by atoms with Gasteiger partial charge in [-0.15, -0.1) is 0 Å². The molecule has 16 heteroatoms. The maximum atomic E-state index is 12.4. The summed E-state index contributed by atoms with van der Waals surface area (Å²) in [6.45, 7) is 8.10. The average molecular weight is 639 g/mol. The summed E-state index contributed by atoms with van der Waals surface area (Å²) in [4.78, 5) is 77.0. The number of hydrogen-bond acceptors (Lipinski definition) is 9. The molecule has 0 bridgehead atoms. The molecular weight excluding hydrogens is 608 g/mol. The second kappa shape index (κ2) is 13.3. The van der Waals surface area contributed by atoms with Gasteiger partial charge in [0.25, 0.3) is 21.9 Å². The van der Waals surface area contributed by atoms with Crippen LogP contribution in [-0.4, -0.2) is 76.6 Å². The van der Waals surface area contributed by atoms with Crippen LogP contribution in [0.15, 0.2) is 36.4 Å². The van der Waals surface area contributed by atoms with Gasteiger partial charge in [-0.1, -0.05) is 30.3 Å². The normalized spacial score (nSPS) is 20.6. The third kappa shape index (κ3) is 7.76. The molecule has 2 saturated heterocycles. The Bertz CT molecular complexity index is 1740. The Hall–Kier alpha value is -4.98. The van der Waals surface area contributed by atoms with Gasteiger partial charge in [0.15, 0.2) is 5.69 Å². The van der Waals surface area contributed by atoms with E-state index in [1.165, 1.54) is 9.80 Å². The lowest BCUT2D eigenvalue weighted by Gasteiger charge is -2.29. The van der Waals surface area contributed by atoms with Crippen LogP contribution in [0.4, 0.5) is 5.69 Å². The number of amides is 6. The molecule has 2 atom stereocenters. The molecule has 2 unspecified atom stereocenters. The number of imide groups is 2. The van der Waals surface area contributed by atoms with Gasteiger partial charge in [-0.3, -0.25) is 44.0 Å². The van der Waals surface area contributed by atoms with Crippen molar-refractivity contribution < 1.29 is 41.7 Å². The molecule has 0 radical (unpaired) electrons. The van der Waals surface area contributed by atoms with E-state index in [1.54, 1.807) is 24.3 Å². The Balaban J connectivity index is 0.000000179. The molecule has 15 nitrogen and oxygen atoms in total. The van der Waals surface area contributed by atoms with Crippen LogP contribution in [0.3, 0.4) is 0 Å². The van der Waals surface area contributed by atoms with Crippen LogP contribution < -0.4 is 16.4 Å². The fraction of sp³-hybridized carbons (Fsp3) is 0.345. The Labute approximate surface area is 258 Å². The van der Waals surface area contributed by atoms with E-state index >= 15 is 0 Å². The van der Waals surface area contributed by atoms with Gasteiger partial charge >= 0.3 is 0 Å². The molecule has 0 aliphatic carbocycles. The number of piperidine rings is 2. The number of carbonyl (C=O) groups is 6. The Morgan fingerprint density at radius 3 is 1.71 bits per heavy atom. The van der Waals surface area contributed by atoms with Crippen LogP contribution in [0.2, 0.25) is 0 Å². The second-order valence-electron chi connectivity index (χ2n) is 10.7. The van der Waals surface area contributed by atoms with E-state index in [4.69, 9.17) is 16.9 Å². The Morgan fingerprint density at radius 2 is 1.29 bits per heavy atom. The maximum absolute atomic E-state index is 12.4. The van der Waals surface area contributed by atoms with Crippen molar-refractivity contribution in [2.45, 2.75) is 57.4 Å². The molecule has 4 heterocycles. The molecule has 4 aliphatic rings. The van der Waals surface area contributed by atoms with Gasteiger partial charge in [-0.05, 0) is 35.6 Å². The molecule has 4 aliphatic heterocycles. The zero-order valence-corrected chi connectivity index (χ0v) is 24.9. The van der Waals surface area contributed by atoms with Crippen LogP contribution in [0.1, 0.15) is 63.1 Å². The lowest BCUT2D eigenvalue weighted by molar-refractivity contribution is -0.138. The van der Waals surface area contributed by atoms with Crippen LogP contribution in [0, 0.1) is 6.57 Å². The summed E-state index contributed by atoms with van der Waals surface area (Å²) in [5.74, 6) is -1.76. The van der Waals surface area contributed by atoms with Crippen molar-refractivity contribution in [2.24, 2.45) is 5.73 Å². The number of hydrogen-bond donors (Lipinski definition) is 4. The van der Waals surface area contributed by atoms with Crippen molar-refractivity contribution in [2.75, 3.05) is 6.26 Å². The van der Waals surface area contributed by atoms with Crippen molar-refractivity contribution in [3.8, 4) is 0 Å². The van der Waals surface area contributed by atoms with Gasteiger partial charge in [0.2, 0.25) is 23.6 Å². The van der Waals surface area contributed by atoms with Crippen molar-refractivity contribution in [1.82, 2.24) is 20.4 Å². The second-order valence-corrected chi connectivity index (χ2v) is 12.1. The summed E-state index contributed by atoms with van der Waals surface area (Å²) >= 11 is 0. The summed E-state index contributed by atoms with van der Waals surface area (Å²) in [6.07, 6.45) is 1.95. The topological polar surface area (TPSA) is 218 Å². The molecule has 0 spiro atoms. The van der Waals surface area contributed by atoms with E-state index in [9.17, 15) is 37.2 Å². The van der Waals surface area contributed by atoms with Gasteiger partial charge < -0.3 is 15.5 Å². The van der Waals surface area contributed by atoms with Crippen LogP contribution in [0.5, 0.6) is 0 Å². The monoisotopic (exact) mass is 638 g/mol. The molecule has 5 N–H and O–H groups in total. The molecule has 2 aromatic rings. The third-order valence-corrected chi connectivity index (χ3v) is 7.46. The fourth-order valence-corrected chi connectivity index (χ4v) is 5.39. The van der Waals surface area contributed by atoms with Crippen molar-refractivity contribution in [3.05, 3.63) is 75.6 Å². The molecule has 45 heavy (non-hydrogen) atoms. The van der Waals surface area contributed by atoms with Crippen molar-refractivity contribution in [3.63, 3.8) is 0 Å². The minimum Gasteiger partial charge on any atom is -0.326 e. The molecule has 2 aromatic carbocycles. The molecule has 6 amide bonds. The van der Waals surface area contributed by atoms with E-state index < -0.39 is 28.1 Å². The first kappa shape index (κ1) is 32.9. The standard InChI is InChI=1S/C14H11N3O3.C14H15N3O3.CH4O3S/c1-15-9-2-3-10-8(6-9)7-17(14(10)20)11-4-5-12(18)16-13(11)19;15-6-8-1-2-10-9(5-8)7-17(14(10)20)11-3-4-12(18)16-13(11)19;1-5(2,3)4/h2-3,6,11H,4-5,7H2,(H,16,18,19);1-2,5,11H,3-4,6-7,15H2,(H,16,18,19);1H3,(H,2,3,4). The van der Waals surface area contributed by atoms with Gasteiger partial charge in [0.1, 0.15) is 12.1 Å². The lowest BCUT2D eigenvalue weighted by Crippen LogP contribution is -2.52. The van der Waals surface area contributed by atoms with Crippen LogP contribution in [-0.2, 0) is 48.9 Å². The number of nitrogens with two attached hydrogens (primary N) is 1. The summed E-state index contributed by atoms with van der Waals surface area (Å²) < 4.78 is 25.9. The van der Waals surface area contributed by atoms with Gasteiger partial charge in [0.05, 0.1) is 12.8 Å². The van der Waals surface area contributed by atoms with Gasteiger partial charge in [-0.2, -0.15) is 8.42 Å². The van der Waals surface area contributed by atoms with E-state index in [-0.39, 0.29) is 42.4 Å². The Morgan fingerprint density at radius 1 is 0.844 bits per heavy atom. The molecule has 2 fully saturated rings. The quantitative estimate of drug-likeness (QED) is 0.206. The highest BCUT2D eigenvalue weighted by Gasteiger charge is 2.40. The summed E-state index contributed by atoms with van der Waals surface area (Å²) in [7, 11) is -3.67. The predicted molar refractivity (Wildman–Crippen MR) is 157 cm³/mol. The van der Waals surface area contributed by atoms with Crippen molar-refractivity contribution >= 4 is 51.2 Å². The molecule has 0 aromatic heterocycles. The highest BCUT2D eigenvalue weighted by Crippen LogP contribution is 2.30. The highest BCUT2D eigenvalue weighted by molar-refractivity contribution is 7.85. The van der Waals surface area contributed by atoms with E-state index in [0.717, 1.165) is 16.7 Å². The summed E-state index contributed by atoms with van der Waals surface area (Å²) in [5.41, 5.74) is 9.82. The lowest BCUT2D eigenvalue weighted by atomic mass is 10.0. The highest BCUT2D eigenvalue weighted by atomic mass is 32.2. The first-order valence-electron chi connectivity index (χ1n) is 13.7. The number of rotatable bonds is 3. The van der Waals surface area contributed by atoms with E-state index in [0.29, 0.717) is 55.5 Å². The zero-order chi connectivity index (χ0) is 33.1. The first-order valence-corrected chi connectivity index (χ1v) is 15.6. The van der Waals surface area contributed by atoms with Crippen LogP contribution >= 0.6 is 0 Å². The number of carbonyl (C=O) groups excluding carboxylic acids is 6. The smallest absolute Gasteiger partial charge is 0.261 e.